The largest absolute Gasteiger partial charge is 0.491 e. The third kappa shape index (κ3) is 3.22. The van der Waals surface area contributed by atoms with E-state index in [1.807, 2.05) is 56.3 Å². The van der Waals surface area contributed by atoms with Crippen molar-refractivity contribution in [2.75, 3.05) is 11.9 Å². The van der Waals surface area contributed by atoms with Crippen molar-refractivity contribution >= 4 is 11.7 Å². The van der Waals surface area contributed by atoms with Crippen LogP contribution in [0.2, 0.25) is 0 Å². The molecule has 0 saturated heterocycles. The van der Waals surface area contributed by atoms with Crippen molar-refractivity contribution in [1.29, 1.82) is 0 Å². The Morgan fingerprint density at radius 1 is 1.18 bits per heavy atom. The van der Waals surface area contributed by atoms with Crippen molar-refractivity contribution < 1.29 is 9.53 Å². The van der Waals surface area contributed by atoms with Crippen LogP contribution >= 0.6 is 0 Å². The third-order valence-corrected chi connectivity index (χ3v) is 3.86. The van der Waals surface area contributed by atoms with Gasteiger partial charge in [-0.2, -0.15) is 0 Å². The number of hydrogen-bond acceptors (Lipinski definition) is 2. The summed E-state index contributed by atoms with van der Waals surface area (Å²) < 4.78 is 5.69. The Balaban J connectivity index is 1.62. The minimum atomic E-state index is -0.193. The van der Waals surface area contributed by atoms with Crippen LogP contribution in [0.25, 0.3) is 0 Å². The molecule has 2 aromatic rings. The molecule has 0 aliphatic carbocycles. The molecule has 0 fully saturated rings. The Morgan fingerprint density at radius 2 is 2.00 bits per heavy atom. The minimum Gasteiger partial charge on any atom is -0.491 e. The number of rotatable bonds is 2. The van der Waals surface area contributed by atoms with Gasteiger partial charge in [0.2, 0.25) is 0 Å². The lowest BCUT2D eigenvalue weighted by Crippen LogP contribution is -2.44. The molecule has 0 bridgehead atoms. The van der Waals surface area contributed by atoms with E-state index in [9.17, 15) is 4.79 Å². The standard InChI is InChI=1S/C18H20N2O2/c1-12-7-8-13(2)16(9-12)20-18(21)19-15-10-14-5-3-4-6-17(14)22-11-15/h3-9,15H,10-11H2,1-2H3,(H2,19,20,21). The van der Waals surface area contributed by atoms with Crippen molar-refractivity contribution in [2.45, 2.75) is 26.3 Å². The van der Waals surface area contributed by atoms with Crippen LogP contribution in [0, 0.1) is 13.8 Å². The van der Waals surface area contributed by atoms with E-state index < -0.39 is 0 Å². The van der Waals surface area contributed by atoms with Gasteiger partial charge < -0.3 is 15.4 Å². The average molecular weight is 296 g/mol. The maximum atomic E-state index is 12.2. The van der Waals surface area contributed by atoms with Gasteiger partial charge in [0.1, 0.15) is 12.4 Å². The molecule has 1 heterocycles. The van der Waals surface area contributed by atoms with Gasteiger partial charge in [-0.1, -0.05) is 30.3 Å². The number of aryl methyl sites for hydroxylation is 2. The van der Waals surface area contributed by atoms with E-state index in [1.54, 1.807) is 0 Å². The summed E-state index contributed by atoms with van der Waals surface area (Å²) in [6.07, 6.45) is 0.788. The molecule has 0 saturated carbocycles. The highest BCUT2D eigenvalue weighted by molar-refractivity contribution is 5.90. The maximum Gasteiger partial charge on any atom is 0.319 e. The van der Waals surface area contributed by atoms with Gasteiger partial charge in [-0.25, -0.2) is 4.79 Å². The molecular formula is C18H20N2O2. The SMILES string of the molecule is Cc1ccc(C)c(NC(=O)NC2COc3ccccc3C2)c1. The van der Waals surface area contributed by atoms with Gasteiger partial charge in [0.05, 0.1) is 6.04 Å². The van der Waals surface area contributed by atoms with E-state index in [0.717, 1.165) is 34.5 Å². The summed E-state index contributed by atoms with van der Waals surface area (Å²) in [7, 11) is 0. The molecule has 2 amide bonds. The number of carbonyl (C=O) groups is 1. The molecule has 1 unspecified atom stereocenters. The number of fused-ring (bicyclic) bond motifs is 1. The molecule has 2 N–H and O–H groups in total. The highest BCUT2D eigenvalue weighted by Crippen LogP contribution is 2.24. The third-order valence-electron chi connectivity index (χ3n) is 3.86. The van der Waals surface area contributed by atoms with Crippen molar-refractivity contribution in [2.24, 2.45) is 0 Å². The summed E-state index contributed by atoms with van der Waals surface area (Å²) in [5.41, 5.74) is 4.14. The first-order valence-corrected chi connectivity index (χ1v) is 7.47. The molecule has 22 heavy (non-hydrogen) atoms. The molecule has 1 atom stereocenters. The number of amides is 2. The second-order valence-corrected chi connectivity index (χ2v) is 5.74. The molecule has 114 valence electrons. The quantitative estimate of drug-likeness (QED) is 0.892. The molecule has 4 nitrogen and oxygen atoms in total. The van der Waals surface area contributed by atoms with Crippen LogP contribution in [-0.2, 0) is 6.42 Å². The van der Waals surface area contributed by atoms with Crippen LogP contribution in [0.4, 0.5) is 10.5 Å². The summed E-state index contributed by atoms with van der Waals surface area (Å²) in [5.74, 6) is 0.912. The molecule has 2 aromatic carbocycles. The number of carbonyl (C=O) groups excluding carboxylic acids is 1. The summed E-state index contributed by atoms with van der Waals surface area (Å²) in [5, 5.41) is 5.90. The van der Waals surface area contributed by atoms with Gasteiger partial charge >= 0.3 is 6.03 Å². The maximum absolute atomic E-state index is 12.2. The van der Waals surface area contributed by atoms with Crippen molar-refractivity contribution in [3.05, 3.63) is 59.2 Å². The molecule has 3 rings (SSSR count). The Kier molecular flexibility index (Phi) is 4.00. The smallest absolute Gasteiger partial charge is 0.319 e. The number of ether oxygens (including phenoxy) is 1. The topological polar surface area (TPSA) is 50.4 Å². The van der Waals surface area contributed by atoms with Gasteiger partial charge in [-0.05, 0) is 49.1 Å². The van der Waals surface area contributed by atoms with Crippen LogP contribution in [0.1, 0.15) is 16.7 Å². The molecule has 0 radical (unpaired) electrons. The van der Waals surface area contributed by atoms with Crippen LogP contribution in [-0.4, -0.2) is 18.7 Å². The molecular weight excluding hydrogens is 276 g/mol. The summed E-state index contributed by atoms with van der Waals surface area (Å²) in [6, 6.07) is 13.7. The Labute approximate surface area is 130 Å². The van der Waals surface area contributed by atoms with E-state index in [0.29, 0.717) is 6.61 Å². The zero-order valence-electron chi connectivity index (χ0n) is 12.8. The molecule has 0 aromatic heterocycles. The summed E-state index contributed by atoms with van der Waals surface area (Å²) in [6.45, 7) is 4.49. The Hall–Kier alpha value is -2.49. The van der Waals surface area contributed by atoms with Crippen LogP contribution in [0.15, 0.2) is 42.5 Å². The van der Waals surface area contributed by atoms with E-state index in [4.69, 9.17) is 4.74 Å². The number of benzene rings is 2. The minimum absolute atomic E-state index is 0.0139. The second-order valence-electron chi connectivity index (χ2n) is 5.74. The van der Waals surface area contributed by atoms with Gasteiger partial charge in [0.25, 0.3) is 0 Å². The number of nitrogens with one attached hydrogen (secondary N) is 2. The fourth-order valence-corrected chi connectivity index (χ4v) is 2.64. The predicted octanol–water partition coefficient (Wildman–Crippen LogP) is 3.43. The first kappa shape index (κ1) is 14.4. The zero-order chi connectivity index (χ0) is 15.5. The fourth-order valence-electron chi connectivity index (χ4n) is 2.64. The van der Waals surface area contributed by atoms with Crippen molar-refractivity contribution in [3.8, 4) is 5.75 Å². The van der Waals surface area contributed by atoms with Gasteiger partial charge in [0.15, 0.2) is 0 Å². The molecule has 4 heteroatoms. The number of para-hydroxylation sites is 1. The summed E-state index contributed by atoms with van der Waals surface area (Å²) in [4.78, 5) is 12.2. The molecule has 0 spiro atoms. The fraction of sp³-hybridized carbons (Fsp3) is 0.278. The Morgan fingerprint density at radius 3 is 2.86 bits per heavy atom. The van der Waals surface area contributed by atoms with E-state index >= 15 is 0 Å². The number of anilines is 1. The van der Waals surface area contributed by atoms with Crippen LogP contribution in [0.5, 0.6) is 5.75 Å². The predicted molar refractivity (Wildman–Crippen MR) is 87.5 cm³/mol. The Bertz CT molecular complexity index is 697. The van der Waals surface area contributed by atoms with Gasteiger partial charge in [0, 0.05) is 5.69 Å². The zero-order valence-corrected chi connectivity index (χ0v) is 12.8. The van der Waals surface area contributed by atoms with Crippen LogP contribution in [0.3, 0.4) is 0 Å². The van der Waals surface area contributed by atoms with Crippen LogP contribution < -0.4 is 15.4 Å². The molecule has 1 aliphatic heterocycles. The first-order chi connectivity index (χ1) is 10.6. The number of urea groups is 1. The van der Waals surface area contributed by atoms with E-state index in [-0.39, 0.29) is 12.1 Å². The first-order valence-electron chi connectivity index (χ1n) is 7.47. The summed E-state index contributed by atoms with van der Waals surface area (Å²) >= 11 is 0. The van der Waals surface area contributed by atoms with E-state index in [1.165, 1.54) is 0 Å². The van der Waals surface area contributed by atoms with Crippen molar-refractivity contribution in [1.82, 2.24) is 5.32 Å². The average Bonchev–Trinajstić information content (AvgIpc) is 2.51. The lowest BCUT2D eigenvalue weighted by atomic mass is 10.0. The van der Waals surface area contributed by atoms with Crippen molar-refractivity contribution in [3.63, 3.8) is 0 Å². The lowest BCUT2D eigenvalue weighted by molar-refractivity contribution is 0.222. The lowest BCUT2D eigenvalue weighted by Gasteiger charge is -2.26. The molecule has 1 aliphatic rings. The number of hydrogen-bond donors (Lipinski definition) is 2. The van der Waals surface area contributed by atoms with Gasteiger partial charge in [-0.15, -0.1) is 0 Å². The normalized spacial score (nSPS) is 16.4. The highest BCUT2D eigenvalue weighted by Gasteiger charge is 2.21. The second kappa shape index (κ2) is 6.10. The monoisotopic (exact) mass is 296 g/mol. The van der Waals surface area contributed by atoms with Gasteiger partial charge in [-0.3, -0.25) is 0 Å². The van der Waals surface area contributed by atoms with E-state index in [2.05, 4.69) is 10.6 Å². The highest BCUT2D eigenvalue weighted by atomic mass is 16.5.